The number of nitrogens with one attached hydrogen (secondary N) is 2. The lowest BCUT2D eigenvalue weighted by Crippen LogP contribution is -2.54. The third-order valence-corrected chi connectivity index (χ3v) is 11.0. The lowest BCUT2D eigenvalue weighted by Gasteiger charge is -2.41. The molecule has 3 fully saturated rings. The van der Waals surface area contributed by atoms with Gasteiger partial charge < -0.3 is 25.3 Å². The Balaban J connectivity index is 1.36. The lowest BCUT2D eigenvalue weighted by atomic mass is 9.65. The molecule has 11 nitrogen and oxygen atoms in total. The molecule has 1 aliphatic heterocycles. The maximum absolute atomic E-state index is 13.6. The summed E-state index contributed by atoms with van der Waals surface area (Å²) in [5.74, 6) is -3.44. The van der Waals surface area contributed by atoms with Crippen LogP contribution in [0, 0.1) is 29.6 Å². The molecule has 0 aromatic heterocycles. The molecule has 6 unspecified atom stereocenters. The van der Waals surface area contributed by atoms with Crippen LogP contribution >= 0.6 is 23.2 Å². The molecular formula is C32H47Cl2N3O8. The molecule has 0 aromatic rings. The summed E-state index contributed by atoms with van der Waals surface area (Å²) in [5, 5.41) is 18.2. The Bertz CT molecular complexity index is 1150. The molecule has 45 heavy (non-hydrogen) atoms. The maximum Gasteiger partial charge on any atom is 0.312 e. The summed E-state index contributed by atoms with van der Waals surface area (Å²) in [6.45, 7) is 4.67. The van der Waals surface area contributed by atoms with Crippen molar-refractivity contribution in [2.45, 2.75) is 126 Å². The van der Waals surface area contributed by atoms with Gasteiger partial charge >= 0.3 is 11.9 Å². The Morgan fingerprint density at radius 2 is 1.62 bits per heavy atom. The maximum atomic E-state index is 13.6. The van der Waals surface area contributed by atoms with Gasteiger partial charge in [0, 0.05) is 23.1 Å². The number of nitrogens with zero attached hydrogens (tertiary/aromatic N) is 1. The van der Waals surface area contributed by atoms with Crippen molar-refractivity contribution in [3.8, 4) is 0 Å². The van der Waals surface area contributed by atoms with E-state index >= 15 is 0 Å². The van der Waals surface area contributed by atoms with Crippen molar-refractivity contribution in [2.24, 2.45) is 34.7 Å². The number of rotatable bonds is 12. The minimum absolute atomic E-state index is 0.0157. The van der Waals surface area contributed by atoms with Crippen LogP contribution in [0.1, 0.15) is 97.8 Å². The van der Waals surface area contributed by atoms with E-state index in [4.69, 9.17) is 32.8 Å². The molecule has 3 saturated carbocycles. The fourth-order valence-corrected chi connectivity index (χ4v) is 8.42. The van der Waals surface area contributed by atoms with Crippen molar-refractivity contribution in [2.75, 3.05) is 6.61 Å². The number of carbonyl (C=O) groups excluding carboxylic acids is 4. The van der Waals surface area contributed by atoms with Crippen molar-refractivity contribution in [3.05, 3.63) is 0 Å². The Hall–Kier alpha value is -2.40. The zero-order valence-corrected chi connectivity index (χ0v) is 27.9. The van der Waals surface area contributed by atoms with E-state index in [1.54, 1.807) is 0 Å². The van der Waals surface area contributed by atoms with Gasteiger partial charge in [-0.25, -0.2) is 0 Å². The van der Waals surface area contributed by atoms with Crippen LogP contribution in [-0.4, -0.2) is 75.4 Å². The second-order valence-electron chi connectivity index (χ2n) is 13.7. The van der Waals surface area contributed by atoms with Gasteiger partial charge in [0.15, 0.2) is 12.4 Å². The van der Waals surface area contributed by atoms with Gasteiger partial charge in [-0.2, -0.15) is 0 Å². The summed E-state index contributed by atoms with van der Waals surface area (Å²) in [4.78, 5) is 69.8. The molecule has 8 atom stereocenters. The number of halogens is 2. The van der Waals surface area contributed by atoms with Crippen LogP contribution in [0.2, 0.25) is 0 Å². The summed E-state index contributed by atoms with van der Waals surface area (Å²) >= 11 is 12.5. The van der Waals surface area contributed by atoms with Crippen LogP contribution in [0.25, 0.3) is 0 Å². The van der Waals surface area contributed by atoms with E-state index in [0.29, 0.717) is 30.4 Å². The van der Waals surface area contributed by atoms with Gasteiger partial charge in [-0.15, -0.1) is 23.2 Å². The Labute approximate surface area is 274 Å². The minimum atomic E-state index is -1.54. The molecular weight excluding hydrogens is 625 g/mol. The smallest absolute Gasteiger partial charge is 0.312 e. The number of ketones is 1. The molecule has 3 N–H and O–H groups in total. The van der Waals surface area contributed by atoms with Crippen LogP contribution < -0.4 is 10.6 Å². The molecule has 0 bridgehead atoms. The van der Waals surface area contributed by atoms with E-state index in [0.717, 1.165) is 32.1 Å². The third-order valence-electron chi connectivity index (χ3n) is 10.0. The zero-order valence-electron chi connectivity index (χ0n) is 26.4. The highest BCUT2D eigenvalue weighted by Gasteiger charge is 2.47. The normalized spacial score (nSPS) is 32.7. The number of aliphatic carboxylic acids is 1. The molecule has 2 amide bonds. The average molecular weight is 673 g/mol. The fraction of sp³-hybridized carbons (Fsp3) is 0.812. The van der Waals surface area contributed by atoms with E-state index in [1.807, 2.05) is 13.8 Å². The van der Waals surface area contributed by atoms with Crippen LogP contribution in [0.4, 0.5) is 0 Å². The van der Waals surface area contributed by atoms with Crippen molar-refractivity contribution in [1.82, 2.24) is 10.6 Å². The van der Waals surface area contributed by atoms with Gasteiger partial charge in [-0.1, -0.05) is 57.5 Å². The van der Waals surface area contributed by atoms with Crippen molar-refractivity contribution in [1.29, 1.82) is 0 Å². The predicted molar refractivity (Wildman–Crippen MR) is 168 cm³/mol. The molecule has 0 saturated heterocycles. The number of esters is 1. The molecule has 4 aliphatic rings. The Morgan fingerprint density at radius 3 is 2.29 bits per heavy atom. The molecule has 0 aromatic carbocycles. The first kappa shape index (κ1) is 35.5. The van der Waals surface area contributed by atoms with E-state index < -0.39 is 71.0 Å². The fourth-order valence-electron chi connectivity index (χ4n) is 7.48. The molecule has 252 valence electrons. The lowest BCUT2D eigenvalue weighted by molar-refractivity contribution is -0.154. The number of alkyl halides is 2. The van der Waals surface area contributed by atoms with E-state index in [1.165, 1.54) is 26.2 Å². The number of carboxylic acid groups (broad SMARTS) is 1. The number of amides is 2. The minimum Gasteiger partial charge on any atom is -0.481 e. The largest absolute Gasteiger partial charge is 0.481 e. The highest BCUT2D eigenvalue weighted by atomic mass is 35.5. The van der Waals surface area contributed by atoms with Gasteiger partial charge in [0.1, 0.15) is 6.04 Å². The number of carbonyl (C=O) groups is 5. The van der Waals surface area contributed by atoms with Crippen molar-refractivity contribution < 1.29 is 38.7 Å². The molecule has 4 rings (SSSR count). The molecule has 1 heterocycles. The number of Topliss-reactive ketones (excluding diaryl/α,β-unsaturated/α-hetero) is 1. The summed E-state index contributed by atoms with van der Waals surface area (Å²) in [6, 6.07) is -1.93. The first-order valence-corrected chi connectivity index (χ1v) is 17.2. The molecule has 0 spiro atoms. The van der Waals surface area contributed by atoms with Crippen LogP contribution in [0.3, 0.4) is 0 Å². The molecule has 3 aliphatic carbocycles. The van der Waals surface area contributed by atoms with Gasteiger partial charge in [0.05, 0.1) is 24.1 Å². The Morgan fingerprint density at radius 1 is 0.978 bits per heavy atom. The predicted octanol–water partition coefficient (Wildman–Crippen LogP) is 4.36. The molecule has 0 radical (unpaired) electrons. The topological polar surface area (TPSA) is 160 Å². The van der Waals surface area contributed by atoms with Crippen molar-refractivity contribution >= 4 is 58.4 Å². The van der Waals surface area contributed by atoms with Crippen molar-refractivity contribution in [3.63, 3.8) is 0 Å². The van der Waals surface area contributed by atoms with Crippen LogP contribution in [0.5, 0.6) is 0 Å². The van der Waals surface area contributed by atoms with E-state index in [9.17, 15) is 29.1 Å². The highest BCUT2D eigenvalue weighted by molar-refractivity contribution is 6.26. The number of hydrogen-bond donors (Lipinski definition) is 3. The van der Waals surface area contributed by atoms with Gasteiger partial charge in [0.25, 0.3) is 5.91 Å². The average Bonchev–Trinajstić information content (AvgIpc) is 3.40. The summed E-state index contributed by atoms with van der Waals surface area (Å²) < 4.78 is 5.18. The van der Waals surface area contributed by atoms with E-state index in [2.05, 4.69) is 15.8 Å². The summed E-state index contributed by atoms with van der Waals surface area (Å²) in [6.07, 6.45) is 9.01. The number of fused-ring (bicyclic) bond motifs is 1. The van der Waals surface area contributed by atoms with Crippen LogP contribution in [-0.2, 0) is 33.5 Å². The Kier molecular flexibility index (Phi) is 12.2. The number of hydrogen-bond acceptors (Lipinski definition) is 8. The summed E-state index contributed by atoms with van der Waals surface area (Å²) in [7, 11) is 0. The molecule has 13 heteroatoms. The van der Waals surface area contributed by atoms with E-state index in [-0.39, 0.29) is 24.2 Å². The quantitative estimate of drug-likeness (QED) is 0.204. The second-order valence-corrected chi connectivity index (χ2v) is 14.9. The zero-order chi connectivity index (χ0) is 32.9. The highest BCUT2D eigenvalue weighted by Crippen LogP contribution is 2.44. The monoisotopic (exact) mass is 671 g/mol. The second kappa shape index (κ2) is 15.5. The first-order chi connectivity index (χ1) is 21.3. The number of carboxylic acids is 1. The van der Waals surface area contributed by atoms with Gasteiger partial charge in [-0.05, 0) is 50.4 Å². The van der Waals surface area contributed by atoms with Gasteiger partial charge in [0.2, 0.25) is 11.5 Å². The third kappa shape index (κ3) is 8.70. The summed E-state index contributed by atoms with van der Waals surface area (Å²) in [5.41, 5.74) is -1.04. The first-order valence-electron chi connectivity index (χ1n) is 16.4. The standard InChI is InChI=1S/C32H47Cl2N3O8/c1-17(2)28(36-29(41)20-11-6-9-18-8-4-5-10-19(18)20)24-15-32(3,45-37-24)31(43)35-23(14-26(39)40)25(38)16-44-30(42)27-21(33)12-7-13-22(27)34/h17-23,27-28H,4-16H2,1-3H3,(H,35,43)(H,36,41)(H,39,40)/t18?,19?,20?,21?,22?,23-,27?,28-,32?/m0/s1. The van der Waals surface area contributed by atoms with Gasteiger partial charge in [-0.3, -0.25) is 24.0 Å². The SMILES string of the molecule is CC(C)[C@H](NC(=O)C1CCCC2CCCCC21)C1=NOC(C)(C(=O)N[C@@H](CC(=O)O)C(=O)COC(=O)C2C(Cl)CCCC2Cl)C1. The number of oxime groups is 1. The number of ether oxygens (including phenoxy) is 1. The van der Waals surface area contributed by atoms with Crippen LogP contribution in [0.15, 0.2) is 5.16 Å².